The van der Waals surface area contributed by atoms with Crippen molar-refractivity contribution in [3.8, 4) is 0 Å². The minimum absolute atomic E-state index is 0.210. The lowest BCUT2D eigenvalue weighted by Gasteiger charge is -2.22. The molecule has 0 aliphatic rings. The first-order chi connectivity index (χ1) is 14.3. The average Bonchev–Trinajstić information content (AvgIpc) is 2.80. The number of hydrogen-bond acceptors (Lipinski definition) is 5. The van der Waals surface area contributed by atoms with Gasteiger partial charge in [-0.15, -0.1) is 0 Å². The first-order valence-corrected chi connectivity index (χ1v) is 9.24. The number of ether oxygens (including phenoxy) is 1. The van der Waals surface area contributed by atoms with Gasteiger partial charge in [0.15, 0.2) is 0 Å². The van der Waals surface area contributed by atoms with Crippen LogP contribution in [0.4, 0.5) is 17.3 Å². The lowest BCUT2D eigenvalue weighted by atomic mass is 10.2. The highest BCUT2D eigenvalue weighted by Gasteiger charge is 2.16. The van der Waals surface area contributed by atoms with Crippen LogP contribution >= 0.6 is 0 Å². The molecule has 4 aromatic rings. The molecule has 0 aliphatic heterocycles. The van der Waals surface area contributed by atoms with Crippen molar-refractivity contribution in [2.75, 3.05) is 4.90 Å². The van der Waals surface area contributed by atoms with Gasteiger partial charge in [-0.3, -0.25) is 4.90 Å². The highest BCUT2D eigenvalue weighted by Crippen LogP contribution is 2.31. The molecule has 0 saturated carbocycles. The van der Waals surface area contributed by atoms with E-state index in [4.69, 9.17) is 4.74 Å². The first kappa shape index (κ1) is 18.4. The van der Waals surface area contributed by atoms with Crippen LogP contribution in [0.3, 0.4) is 0 Å². The summed E-state index contributed by atoms with van der Waals surface area (Å²) in [6.07, 6.45) is 2.99. The summed E-state index contributed by atoms with van der Waals surface area (Å²) in [6.45, 7) is 0.210. The standard InChI is InChI=1S/C24H19N3O2/c28-23(29-18-19-10-4-1-5-11-19)20-16-25-24(26-17-20)27(21-12-6-2-7-13-21)22-14-8-3-9-15-22/h1-17H,18H2. The quantitative estimate of drug-likeness (QED) is 0.424. The van der Waals surface area contributed by atoms with E-state index in [-0.39, 0.29) is 6.61 Å². The van der Waals surface area contributed by atoms with Gasteiger partial charge in [-0.05, 0) is 29.8 Å². The Morgan fingerprint density at radius 3 is 1.72 bits per heavy atom. The average molecular weight is 381 g/mol. The smallest absolute Gasteiger partial charge is 0.341 e. The lowest BCUT2D eigenvalue weighted by molar-refractivity contribution is 0.0471. The molecule has 1 aromatic heterocycles. The molecule has 5 nitrogen and oxygen atoms in total. The molecule has 0 atom stereocenters. The summed E-state index contributed by atoms with van der Waals surface area (Å²) >= 11 is 0. The predicted octanol–water partition coefficient (Wildman–Crippen LogP) is 5.30. The second kappa shape index (κ2) is 8.80. The van der Waals surface area contributed by atoms with Crippen LogP contribution in [0.1, 0.15) is 15.9 Å². The van der Waals surface area contributed by atoms with Crippen LogP contribution in [-0.2, 0) is 11.3 Å². The molecule has 0 fully saturated rings. The van der Waals surface area contributed by atoms with Gasteiger partial charge in [-0.2, -0.15) is 0 Å². The van der Waals surface area contributed by atoms with E-state index in [1.165, 1.54) is 12.4 Å². The van der Waals surface area contributed by atoms with Gasteiger partial charge in [0, 0.05) is 23.8 Å². The second-order valence-electron chi connectivity index (χ2n) is 6.34. The number of carbonyl (C=O) groups is 1. The molecule has 29 heavy (non-hydrogen) atoms. The van der Waals surface area contributed by atoms with Crippen molar-refractivity contribution in [1.82, 2.24) is 9.97 Å². The Kier molecular flexibility index (Phi) is 5.58. The molecular weight excluding hydrogens is 362 g/mol. The topological polar surface area (TPSA) is 55.3 Å². The van der Waals surface area contributed by atoms with E-state index in [0.717, 1.165) is 16.9 Å². The summed E-state index contributed by atoms with van der Waals surface area (Å²) < 4.78 is 5.35. The van der Waals surface area contributed by atoms with E-state index in [1.54, 1.807) is 0 Å². The van der Waals surface area contributed by atoms with Crippen LogP contribution in [0.5, 0.6) is 0 Å². The van der Waals surface area contributed by atoms with E-state index >= 15 is 0 Å². The van der Waals surface area contributed by atoms with E-state index in [1.807, 2.05) is 95.9 Å². The van der Waals surface area contributed by atoms with Crippen LogP contribution in [0, 0.1) is 0 Å². The maximum atomic E-state index is 12.3. The van der Waals surface area contributed by atoms with Gasteiger partial charge in [0.05, 0.1) is 5.56 Å². The van der Waals surface area contributed by atoms with Gasteiger partial charge < -0.3 is 4.74 Å². The number of rotatable bonds is 6. The van der Waals surface area contributed by atoms with E-state index in [0.29, 0.717) is 11.5 Å². The number of esters is 1. The number of nitrogens with zero attached hydrogens (tertiary/aromatic N) is 3. The van der Waals surface area contributed by atoms with Gasteiger partial charge >= 0.3 is 5.97 Å². The number of benzene rings is 3. The molecule has 0 amide bonds. The Morgan fingerprint density at radius 1 is 0.724 bits per heavy atom. The highest BCUT2D eigenvalue weighted by atomic mass is 16.5. The van der Waals surface area contributed by atoms with Crippen molar-refractivity contribution in [1.29, 1.82) is 0 Å². The van der Waals surface area contributed by atoms with Gasteiger partial charge in [-0.25, -0.2) is 14.8 Å². The number of carbonyl (C=O) groups excluding carboxylic acids is 1. The van der Waals surface area contributed by atoms with Crippen LogP contribution in [0.2, 0.25) is 0 Å². The third-order valence-corrected chi connectivity index (χ3v) is 4.32. The Hall–Kier alpha value is -3.99. The van der Waals surface area contributed by atoms with Crippen molar-refractivity contribution in [3.05, 3.63) is 115 Å². The van der Waals surface area contributed by atoms with Crippen molar-refractivity contribution >= 4 is 23.3 Å². The molecule has 0 saturated heterocycles. The fourth-order valence-corrected chi connectivity index (χ4v) is 2.88. The minimum atomic E-state index is -0.452. The van der Waals surface area contributed by atoms with Crippen LogP contribution in [-0.4, -0.2) is 15.9 Å². The zero-order chi connectivity index (χ0) is 19.9. The zero-order valence-electron chi connectivity index (χ0n) is 15.7. The number of para-hydroxylation sites is 2. The van der Waals surface area contributed by atoms with E-state index in [9.17, 15) is 4.79 Å². The molecule has 0 spiro atoms. The fourth-order valence-electron chi connectivity index (χ4n) is 2.88. The summed E-state index contributed by atoms with van der Waals surface area (Å²) in [5.74, 6) is 0.0217. The maximum Gasteiger partial charge on any atom is 0.341 e. The molecule has 3 aromatic carbocycles. The molecule has 142 valence electrons. The monoisotopic (exact) mass is 381 g/mol. The van der Waals surface area contributed by atoms with E-state index in [2.05, 4.69) is 9.97 Å². The molecule has 0 bridgehead atoms. The molecule has 0 aliphatic carbocycles. The Labute approximate surface area is 169 Å². The molecule has 0 radical (unpaired) electrons. The third-order valence-electron chi connectivity index (χ3n) is 4.32. The van der Waals surface area contributed by atoms with Crippen LogP contribution in [0.25, 0.3) is 0 Å². The van der Waals surface area contributed by atoms with Crippen molar-refractivity contribution in [3.63, 3.8) is 0 Å². The summed E-state index contributed by atoms with van der Waals surface area (Å²) in [5, 5.41) is 0. The van der Waals surface area contributed by atoms with E-state index < -0.39 is 5.97 Å². The van der Waals surface area contributed by atoms with Gasteiger partial charge in [0.1, 0.15) is 6.61 Å². The molecular formula is C24H19N3O2. The zero-order valence-corrected chi connectivity index (χ0v) is 15.7. The van der Waals surface area contributed by atoms with Gasteiger partial charge in [0.25, 0.3) is 0 Å². The van der Waals surface area contributed by atoms with Gasteiger partial charge in [0.2, 0.25) is 5.95 Å². The minimum Gasteiger partial charge on any atom is -0.457 e. The van der Waals surface area contributed by atoms with Gasteiger partial charge in [-0.1, -0.05) is 66.7 Å². The number of aromatic nitrogens is 2. The van der Waals surface area contributed by atoms with Crippen LogP contribution < -0.4 is 4.90 Å². The van der Waals surface area contributed by atoms with Crippen molar-refractivity contribution < 1.29 is 9.53 Å². The lowest BCUT2D eigenvalue weighted by Crippen LogP contribution is -2.14. The molecule has 0 unspecified atom stereocenters. The third kappa shape index (κ3) is 4.47. The number of hydrogen-bond donors (Lipinski definition) is 0. The molecule has 5 heteroatoms. The second-order valence-corrected chi connectivity index (χ2v) is 6.34. The first-order valence-electron chi connectivity index (χ1n) is 9.24. The summed E-state index contributed by atoms with van der Waals surface area (Å²) in [6, 6.07) is 29.2. The molecule has 0 N–H and O–H groups in total. The molecule has 1 heterocycles. The predicted molar refractivity (Wildman–Crippen MR) is 112 cm³/mol. The summed E-state index contributed by atoms with van der Waals surface area (Å²) in [5.41, 5.74) is 3.10. The molecule has 4 rings (SSSR count). The Balaban J connectivity index is 1.55. The van der Waals surface area contributed by atoms with Crippen LogP contribution in [0.15, 0.2) is 103 Å². The maximum absolute atomic E-state index is 12.3. The Bertz CT molecular complexity index is 1010. The van der Waals surface area contributed by atoms with Crippen molar-refractivity contribution in [2.24, 2.45) is 0 Å². The number of anilines is 3. The summed E-state index contributed by atoms with van der Waals surface area (Å²) in [4.78, 5) is 23.1. The summed E-state index contributed by atoms with van der Waals surface area (Å²) in [7, 11) is 0. The largest absolute Gasteiger partial charge is 0.457 e. The normalized spacial score (nSPS) is 10.3. The van der Waals surface area contributed by atoms with Crippen molar-refractivity contribution in [2.45, 2.75) is 6.61 Å². The highest BCUT2D eigenvalue weighted by molar-refractivity contribution is 5.89. The SMILES string of the molecule is O=C(OCc1ccccc1)c1cnc(N(c2ccccc2)c2ccccc2)nc1. The fraction of sp³-hybridized carbons (Fsp3) is 0.0417. The Morgan fingerprint density at radius 2 is 1.21 bits per heavy atom.